The lowest BCUT2D eigenvalue weighted by atomic mass is 10.1. The van der Waals surface area contributed by atoms with E-state index in [4.69, 9.17) is 9.84 Å². The minimum atomic E-state index is -0.335. The van der Waals surface area contributed by atoms with Crippen LogP contribution in [-0.2, 0) is 0 Å². The first-order chi connectivity index (χ1) is 14.3. The first kappa shape index (κ1) is 17.1. The molecule has 1 atom stereocenters. The lowest BCUT2D eigenvalue weighted by Crippen LogP contribution is -2.08. The molecule has 3 heterocycles. The second kappa shape index (κ2) is 7.16. The summed E-state index contributed by atoms with van der Waals surface area (Å²) in [6.45, 7) is 1.91. The van der Waals surface area contributed by atoms with Crippen molar-refractivity contribution in [3.05, 3.63) is 78.6 Å². The zero-order valence-corrected chi connectivity index (χ0v) is 15.6. The van der Waals surface area contributed by atoms with Crippen LogP contribution >= 0.6 is 0 Å². The molecule has 0 radical (unpaired) electrons. The fourth-order valence-corrected chi connectivity index (χ4v) is 3.13. The highest BCUT2D eigenvalue weighted by atomic mass is 16.5. The smallest absolute Gasteiger partial charge is 0.240 e. The van der Waals surface area contributed by atoms with Crippen molar-refractivity contribution in [3.63, 3.8) is 0 Å². The van der Waals surface area contributed by atoms with Gasteiger partial charge in [0.2, 0.25) is 5.88 Å². The molecule has 8 heteroatoms. The van der Waals surface area contributed by atoms with Gasteiger partial charge in [0, 0.05) is 17.3 Å². The number of ether oxygens (including phenoxy) is 1. The van der Waals surface area contributed by atoms with Gasteiger partial charge in [0.25, 0.3) is 0 Å². The van der Waals surface area contributed by atoms with Crippen molar-refractivity contribution >= 4 is 5.65 Å². The average Bonchev–Trinajstić information content (AvgIpc) is 3.44. The van der Waals surface area contributed by atoms with Gasteiger partial charge in [-0.2, -0.15) is 4.52 Å². The van der Waals surface area contributed by atoms with Crippen LogP contribution in [-0.4, -0.2) is 35.2 Å². The van der Waals surface area contributed by atoms with Gasteiger partial charge in [-0.15, -0.1) is 20.4 Å². The van der Waals surface area contributed by atoms with E-state index < -0.39 is 0 Å². The summed E-state index contributed by atoms with van der Waals surface area (Å²) in [4.78, 5) is 0. The summed E-state index contributed by atoms with van der Waals surface area (Å²) in [5.74, 6) is 1.12. The van der Waals surface area contributed by atoms with Gasteiger partial charge in [0.05, 0.1) is 0 Å². The van der Waals surface area contributed by atoms with Crippen molar-refractivity contribution in [2.45, 2.75) is 13.0 Å². The summed E-state index contributed by atoms with van der Waals surface area (Å²) < 4.78 is 7.90. The van der Waals surface area contributed by atoms with Gasteiger partial charge in [0.15, 0.2) is 11.5 Å². The van der Waals surface area contributed by atoms with Crippen molar-refractivity contribution in [1.29, 1.82) is 0 Å². The van der Waals surface area contributed by atoms with E-state index in [0.29, 0.717) is 23.0 Å². The number of hydrogen-bond acceptors (Lipinski definition) is 6. The van der Waals surface area contributed by atoms with Crippen LogP contribution in [0.5, 0.6) is 5.88 Å². The fourth-order valence-electron chi connectivity index (χ4n) is 3.13. The minimum absolute atomic E-state index is 0.335. The number of rotatable bonds is 5. The van der Waals surface area contributed by atoms with Crippen molar-refractivity contribution in [1.82, 2.24) is 35.2 Å². The average molecular weight is 383 g/mol. The first-order valence-corrected chi connectivity index (χ1v) is 9.20. The summed E-state index contributed by atoms with van der Waals surface area (Å²) in [5, 5.41) is 23.9. The topological polar surface area (TPSA) is 93.9 Å². The quantitative estimate of drug-likeness (QED) is 0.497. The predicted octanol–water partition coefficient (Wildman–Crippen LogP) is 3.72. The summed E-state index contributed by atoms with van der Waals surface area (Å²) in [5.41, 5.74) is 4.08. The number of aromatic nitrogens is 7. The van der Waals surface area contributed by atoms with E-state index in [-0.39, 0.29) is 6.10 Å². The van der Waals surface area contributed by atoms with E-state index >= 15 is 0 Å². The lowest BCUT2D eigenvalue weighted by molar-refractivity contribution is 0.210. The number of benzene rings is 2. The molecule has 5 aromatic rings. The Morgan fingerprint density at radius 3 is 2.31 bits per heavy atom. The molecular weight excluding hydrogens is 366 g/mol. The molecule has 0 aliphatic heterocycles. The molecule has 5 rings (SSSR count). The van der Waals surface area contributed by atoms with Gasteiger partial charge in [-0.05, 0) is 18.6 Å². The molecule has 2 aromatic carbocycles. The number of aromatic amines is 1. The summed E-state index contributed by atoms with van der Waals surface area (Å²) in [6, 6.07) is 21.7. The van der Waals surface area contributed by atoms with Gasteiger partial charge in [-0.3, -0.25) is 5.10 Å². The van der Waals surface area contributed by atoms with Crippen molar-refractivity contribution in [2.75, 3.05) is 0 Å². The highest BCUT2D eigenvalue weighted by Gasteiger charge is 2.19. The number of hydrogen-bond donors (Lipinski definition) is 1. The van der Waals surface area contributed by atoms with E-state index in [1.54, 1.807) is 10.7 Å². The standard InChI is InChI=1S/C21H17N7O/c1-14(18-13-22-27-23-18)29-21-17(15-8-4-2-5-9-15)12-19-24-25-20(28(19)26-21)16-10-6-3-7-11-16/h2-14H,1H3,(H,22,23,27). The predicted molar refractivity (Wildman–Crippen MR) is 107 cm³/mol. The van der Waals surface area contributed by atoms with Gasteiger partial charge in [-0.25, -0.2) is 0 Å². The fraction of sp³-hybridized carbons (Fsp3) is 0.0952. The highest BCUT2D eigenvalue weighted by molar-refractivity contribution is 5.73. The first-order valence-electron chi connectivity index (χ1n) is 9.20. The maximum absolute atomic E-state index is 6.20. The number of fused-ring (bicyclic) bond motifs is 1. The lowest BCUT2D eigenvalue weighted by Gasteiger charge is -2.15. The Bertz CT molecular complexity index is 1230. The summed E-state index contributed by atoms with van der Waals surface area (Å²) >= 11 is 0. The normalized spacial score (nSPS) is 12.2. The Balaban J connectivity index is 1.66. The van der Waals surface area contributed by atoms with Crippen molar-refractivity contribution < 1.29 is 4.74 Å². The van der Waals surface area contributed by atoms with E-state index in [9.17, 15) is 0 Å². The van der Waals surface area contributed by atoms with Crippen LogP contribution in [0.1, 0.15) is 18.7 Å². The molecule has 0 saturated heterocycles. The third-order valence-corrected chi connectivity index (χ3v) is 4.62. The molecule has 1 N–H and O–H groups in total. The minimum Gasteiger partial charge on any atom is -0.467 e. The van der Waals surface area contributed by atoms with Crippen LogP contribution in [0.3, 0.4) is 0 Å². The monoisotopic (exact) mass is 383 g/mol. The van der Waals surface area contributed by atoms with Crippen molar-refractivity contribution in [3.8, 4) is 28.4 Å². The molecular formula is C21H17N7O. The zero-order chi connectivity index (χ0) is 19.6. The molecule has 142 valence electrons. The van der Waals surface area contributed by atoms with Gasteiger partial charge < -0.3 is 4.74 Å². The van der Waals surface area contributed by atoms with E-state index in [0.717, 1.165) is 16.7 Å². The van der Waals surface area contributed by atoms with E-state index in [1.807, 2.05) is 73.7 Å². The third kappa shape index (κ3) is 3.20. The second-order valence-electron chi connectivity index (χ2n) is 6.55. The summed E-state index contributed by atoms with van der Waals surface area (Å²) in [7, 11) is 0. The molecule has 0 saturated carbocycles. The third-order valence-electron chi connectivity index (χ3n) is 4.62. The molecule has 0 spiro atoms. The van der Waals surface area contributed by atoms with Gasteiger partial charge in [-0.1, -0.05) is 65.9 Å². The largest absolute Gasteiger partial charge is 0.467 e. The molecule has 8 nitrogen and oxygen atoms in total. The molecule has 0 amide bonds. The SMILES string of the molecule is CC(Oc1nn2c(-c3ccccc3)nnc2cc1-c1ccccc1)c1c[nH]nn1. The summed E-state index contributed by atoms with van der Waals surface area (Å²) in [6.07, 6.45) is 1.37. The van der Waals surface area contributed by atoms with Gasteiger partial charge >= 0.3 is 0 Å². The van der Waals surface area contributed by atoms with Crippen LogP contribution in [0, 0.1) is 0 Å². The molecule has 0 aliphatic rings. The van der Waals surface area contributed by atoms with Crippen LogP contribution < -0.4 is 4.74 Å². The number of H-pyrrole nitrogens is 1. The molecule has 1 unspecified atom stereocenters. The Morgan fingerprint density at radius 2 is 1.62 bits per heavy atom. The Kier molecular flexibility index (Phi) is 4.21. The number of nitrogens with one attached hydrogen (secondary N) is 1. The zero-order valence-electron chi connectivity index (χ0n) is 15.6. The maximum Gasteiger partial charge on any atom is 0.240 e. The van der Waals surface area contributed by atoms with Crippen LogP contribution in [0.25, 0.3) is 28.2 Å². The molecule has 0 aliphatic carbocycles. The number of nitrogens with zero attached hydrogens (tertiary/aromatic N) is 6. The molecule has 0 fully saturated rings. The highest BCUT2D eigenvalue weighted by Crippen LogP contribution is 2.32. The molecule has 0 bridgehead atoms. The van der Waals surface area contributed by atoms with Gasteiger partial charge in [0.1, 0.15) is 11.8 Å². The second-order valence-corrected chi connectivity index (χ2v) is 6.55. The molecule has 3 aromatic heterocycles. The van der Waals surface area contributed by atoms with E-state index in [2.05, 4.69) is 25.6 Å². The van der Waals surface area contributed by atoms with Crippen molar-refractivity contribution in [2.24, 2.45) is 0 Å². The van der Waals surface area contributed by atoms with Crippen LogP contribution in [0.4, 0.5) is 0 Å². The Hall–Kier alpha value is -4.07. The van der Waals surface area contributed by atoms with Crippen LogP contribution in [0.15, 0.2) is 72.9 Å². The van der Waals surface area contributed by atoms with Crippen LogP contribution in [0.2, 0.25) is 0 Å². The Morgan fingerprint density at radius 1 is 0.897 bits per heavy atom. The Labute approximate surface area is 166 Å². The molecule has 29 heavy (non-hydrogen) atoms. The van der Waals surface area contributed by atoms with E-state index in [1.165, 1.54) is 0 Å². The maximum atomic E-state index is 6.20.